The normalized spacial score (nSPS) is 13.4. The number of aromatic nitrogens is 1. The van der Waals surface area contributed by atoms with Gasteiger partial charge in [-0.15, -0.1) is 0 Å². The summed E-state index contributed by atoms with van der Waals surface area (Å²) in [6.07, 6.45) is 4.46. The van der Waals surface area contributed by atoms with E-state index in [1.54, 1.807) is 28.1 Å². The number of carbonyl (C=O) groups excluding carboxylic acids is 3. The molecule has 8 nitrogen and oxygen atoms in total. The fourth-order valence-electron chi connectivity index (χ4n) is 3.81. The molecule has 0 atom stereocenters. The van der Waals surface area contributed by atoms with Crippen molar-refractivity contribution in [3.8, 4) is 11.8 Å². The Hall–Kier alpha value is -3.86. The summed E-state index contributed by atoms with van der Waals surface area (Å²) in [6, 6.07) is 13.6. The average Bonchev–Trinajstić information content (AvgIpc) is 2.89. The van der Waals surface area contributed by atoms with Crippen molar-refractivity contribution in [3.63, 3.8) is 0 Å². The van der Waals surface area contributed by atoms with E-state index in [0.29, 0.717) is 43.9 Å². The van der Waals surface area contributed by atoms with Gasteiger partial charge >= 0.3 is 6.09 Å². The van der Waals surface area contributed by atoms with Crippen molar-refractivity contribution >= 4 is 17.9 Å². The second kappa shape index (κ2) is 13.4. The molecule has 0 spiro atoms. The van der Waals surface area contributed by atoms with Gasteiger partial charge in [0.05, 0.1) is 6.54 Å². The molecule has 8 heteroatoms. The Morgan fingerprint density at radius 3 is 2.32 bits per heavy atom. The molecule has 37 heavy (non-hydrogen) atoms. The van der Waals surface area contributed by atoms with Crippen LogP contribution in [0.1, 0.15) is 61.6 Å². The number of benzene rings is 1. The molecule has 1 fully saturated rings. The molecule has 1 aromatic heterocycles. The summed E-state index contributed by atoms with van der Waals surface area (Å²) in [5, 5.41) is 2.82. The van der Waals surface area contributed by atoms with Gasteiger partial charge in [-0.1, -0.05) is 42.2 Å². The summed E-state index contributed by atoms with van der Waals surface area (Å²) in [7, 11) is 0. The highest BCUT2D eigenvalue weighted by Gasteiger charge is 2.28. The van der Waals surface area contributed by atoms with E-state index in [1.165, 1.54) is 5.56 Å². The molecule has 196 valence electrons. The molecule has 3 amide bonds. The first kappa shape index (κ1) is 27.7. The highest BCUT2D eigenvalue weighted by Crippen LogP contribution is 2.13. The third-order valence-corrected chi connectivity index (χ3v) is 5.77. The number of amides is 3. The van der Waals surface area contributed by atoms with Gasteiger partial charge in [0, 0.05) is 44.4 Å². The van der Waals surface area contributed by atoms with Crippen molar-refractivity contribution in [1.29, 1.82) is 0 Å². The lowest BCUT2D eigenvalue weighted by molar-refractivity contribution is -0.120. The number of nitrogens with one attached hydrogen (secondary N) is 1. The van der Waals surface area contributed by atoms with Gasteiger partial charge < -0.3 is 19.9 Å². The largest absolute Gasteiger partial charge is 0.444 e. The van der Waals surface area contributed by atoms with Gasteiger partial charge in [-0.2, -0.15) is 0 Å². The maximum atomic E-state index is 12.8. The molecule has 0 aliphatic carbocycles. The third-order valence-electron chi connectivity index (χ3n) is 5.77. The first-order valence-electron chi connectivity index (χ1n) is 12.7. The van der Waals surface area contributed by atoms with E-state index in [0.717, 1.165) is 19.3 Å². The van der Waals surface area contributed by atoms with Crippen molar-refractivity contribution in [2.24, 2.45) is 0 Å². The molecule has 0 bridgehead atoms. The molecule has 2 aromatic rings. The minimum absolute atomic E-state index is 0.00630. The third kappa shape index (κ3) is 9.60. The Morgan fingerprint density at radius 2 is 1.68 bits per heavy atom. The van der Waals surface area contributed by atoms with Gasteiger partial charge in [0.15, 0.2) is 0 Å². The number of pyridine rings is 1. The van der Waals surface area contributed by atoms with Gasteiger partial charge in [-0.25, -0.2) is 9.78 Å². The summed E-state index contributed by atoms with van der Waals surface area (Å²) in [5.74, 6) is 5.70. The molecule has 1 saturated heterocycles. The fraction of sp³-hybridized carbons (Fsp3) is 0.448. The van der Waals surface area contributed by atoms with E-state index in [4.69, 9.17) is 4.74 Å². The van der Waals surface area contributed by atoms with Gasteiger partial charge in [0.2, 0.25) is 5.91 Å². The second-order valence-corrected chi connectivity index (χ2v) is 9.96. The monoisotopic (exact) mass is 504 g/mol. The van der Waals surface area contributed by atoms with Gasteiger partial charge in [-0.05, 0) is 57.7 Å². The van der Waals surface area contributed by atoms with E-state index >= 15 is 0 Å². The highest BCUT2D eigenvalue weighted by atomic mass is 16.6. The number of unbranched alkanes of at least 4 members (excludes halogenated alkanes) is 1. The summed E-state index contributed by atoms with van der Waals surface area (Å²) in [6.45, 7) is 7.44. The van der Waals surface area contributed by atoms with Gasteiger partial charge in [-0.3, -0.25) is 9.59 Å². The van der Waals surface area contributed by atoms with Crippen LogP contribution >= 0.6 is 0 Å². The summed E-state index contributed by atoms with van der Waals surface area (Å²) < 4.78 is 5.40. The topological polar surface area (TPSA) is 91.8 Å². The lowest BCUT2D eigenvalue weighted by Gasteiger charge is -2.35. The molecular weight excluding hydrogens is 468 g/mol. The SMILES string of the molecule is CC(C)(C)OC(=O)N1CCN(C(=O)c2ccc(C#CCNC(=O)CCCCc3ccccc3)cn2)CC1. The number of aryl methyl sites for hydroxylation is 1. The van der Waals surface area contributed by atoms with Crippen LogP contribution in [0.15, 0.2) is 48.7 Å². The van der Waals surface area contributed by atoms with Crippen LogP contribution in [0.2, 0.25) is 0 Å². The lowest BCUT2D eigenvalue weighted by atomic mass is 10.1. The van der Waals surface area contributed by atoms with Crippen molar-refractivity contribution < 1.29 is 19.1 Å². The minimum atomic E-state index is -0.549. The molecular formula is C29H36N4O4. The van der Waals surface area contributed by atoms with Crippen LogP contribution in [0.4, 0.5) is 4.79 Å². The summed E-state index contributed by atoms with van der Waals surface area (Å²) in [4.78, 5) is 44.5. The van der Waals surface area contributed by atoms with Crippen molar-refractivity contribution in [2.45, 2.75) is 52.1 Å². The number of rotatable bonds is 7. The zero-order valence-electron chi connectivity index (χ0n) is 22.0. The molecule has 2 heterocycles. The number of hydrogen-bond donors (Lipinski definition) is 1. The summed E-state index contributed by atoms with van der Waals surface area (Å²) in [5.41, 5.74) is 1.74. The molecule has 1 aliphatic rings. The molecule has 1 N–H and O–H groups in total. The Kier molecular flexibility index (Phi) is 10.1. The maximum absolute atomic E-state index is 12.8. The van der Waals surface area contributed by atoms with Crippen LogP contribution < -0.4 is 5.32 Å². The lowest BCUT2D eigenvalue weighted by Crippen LogP contribution is -2.51. The molecule has 1 aromatic carbocycles. The Bertz CT molecular complexity index is 1110. The molecule has 1 aliphatic heterocycles. The van der Waals surface area contributed by atoms with E-state index in [9.17, 15) is 14.4 Å². The first-order chi connectivity index (χ1) is 17.7. The van der Waals surface area contributed by atoms with Crippen LogP contribution in [0.3, 0.4) is 0 Å². The van der Waals surface area contributed by atoms with E-state index in [2.05, 4.69) is 34.3 Å². The quantitative estimate of drug-likeness (QED) is 0.459. The van der Waals surface area contributed by atoms with E-state index in [-0.39, 0.29) is 24.5 Å². The van der Waals surface area contributed by atoms with Crippen LogP contribution in [0.5, 0.6) is 0 Å². The zero-order valence-corrected chi connectivity index (χ0v) is 22.0. The van der Waals surface area contributed by atoms with Crippen LogP contribution in [0.25, 0.3) is 0 Å². The smallest absolute Gasteiger partial charge is 0.410 e. The first-order valence-corrected chi connectivity index (χ1v) is 12.7. The van der Waals surface area contributed by atoms with E-state index < -0.39 is 5.60 Å². The minimum Gasteiger partial charge on any atom is -0.444 e. The number of nitrogens with zero attached hydrogens (tertiary/aromatic N) is 3. The Labute approximate surface area is 219 Å². The number of piperazine rings is 1. The van der Waals surface area contributed by atoms with Crippen molar-refractivity contribution in [2.75, 3.05) is 32.7 Å². The Balaban J connectivity index is 1.36. The fourth-order valence-corrected chi connectivity index (χ4v) is 3.81. The second-order valence-electron chi connectivity index (χ2n) is 9.96. The predicted molar refractivity (Wildman–Crippen MR) is 142 cm³/mol. The van der Waals surface area contributed by atoms with E-state index in [1.807, 2.05) is 39.0 Å². The number of hydrogen-bond acceptors (Lipinski definition) is 5. The van der Waals surface area contributed by atoms with Crippen LogP contribution in [0, 0.1) is 11.8 Å². The number of ether oxygens (including phenoxy) is 1. The van der Waals surface area contributed by atoms with Gasteiger partial charge in [0.1, 0.15) is 11.3 Å². The molecule has 0 radical (unpaired) electrons. The van der Waals surface area contributed by atoms with Crippen molar-refractivity contribution in [1.82, 2.24) is 20.1 Å². The predicted octanol–water partition coefficient (Wildman–Crippen LogP) is 3.66. The Morgan fingerprint density at radius 1 is 0.973 bits per heavy atom. The average molecular weight is 505 g/mol. The standard InChI is InChI=1S/C29H36N4O4/c1-29(2,3)37-28(36)33-20-18-32(19-21-33)27(35)25-16-15-24(22-31-25)13-9-17-30-26(34)14-8-7-12-23-10-5-4-6-11-23/h4-6,10-11,15-16,22H,7-8,12,14,17-21H2,1-3H3,(H,30,34). The van der Waals surface area contributed by atoms with Crippen molar-refractivity contribution in [3.05, 3.63) is 65.5 Å². The molecule has 0 saturated carbocycles. The number of carbonyl (C=O) groups is 3. The highest BCUT2D eigenvalue weighted by molar-refractivity contribution is 5.92. The zero-order chi connectivity index (χ0) is 26.7. The molecule has 0 unspecified atom stereocenters. The van der Waals surface area contributed by atoms with Crippen LogP contribution in [-0.2, 0) is 16.0 Å². The summed E-state index contributed by atoms with van der Waals surface area (Å²) >= 11 is 0. The van der Waals surface area contributed by atoms with Crippen LogP contribution in [-0.4, -0.2) is 71.0 Å². The molecule has 3 rings (SSSR count). The van der Waals surface area contributed by atoms with Gasteiger partial charge in [0.25, 0.3) is 5.91 Å². The maximum Gasteiger partial charge on any atom is 0.410 e.